The van der Waals surface area contributed by atoms with Gasteiger partial charge in [-0.3, -0.25) is 9.89 Å². The molecule has 27 heavy (non-hydrogen) atoms. The zero-order valence-corrected chi connectivity index (χ0v) is 19.0. The number of nitrogens with one attached hydrogen (secondary N) is 1. The first-order chi connectivity index (χ1) is 13.4. The molecular weight excluding hydrogens is 328 g/mol. The van der Waals surface area contributed by atoms with E-state index in [1.165, 1.54) is 142 Å². The van der Waals surface area contributed by atoms with E-state index in [0.29, 0.717) is 0 Å². The summed E-state index contributed by atoms with van der Waals surface area (Å²) in [6, 6.07) is 0. The van der Waals surface area contributed by atoms with Crippen LogP contribution in [0.25, 0.3) is 0 Å². The summed E-state index contributed by atoms with van der Waals surface area (Å²) in [5, 5.41) is 3.66. The molecule has 1 rings (SSSR count). The van der Waals surface area contributed by atoms with Crippen molar-refractivity contribution in [3.8, 4) is 0 Å². The molecule has 0 aliphatic carbocycles. The van der Waals surface area contributed by atoms with E-state index in [-0.39, 0.29) is 0 Å². The second-order valence-corrected chi connectivity index (χ2v) is 8.77. The second kappa shape index (κ2) is 18.8. The van der Waals surface area contributed by atoms with Gasteiger partial charge in [-0.05, 0) is 19.3 Å². The highest BCUT2D eigenvalue weighted by Crippen LogP contribution is 2.12. The Morgan fingerprint density at radius 2 is 1.04 bits per heavy atom. The van der Waals surface area contributed by atoms with Gasteiger partial charge in [0, 0.05) is 6.42 Å². The van der Waals surface area contributed by atoms with Crippen LogP contribution in [0.5, 0.6) is 0 Å². The predicted octanol–water partition coefficient (Wildman–Crippen LogP) is 7.45. The Bertz CT molecular complexity index is 316. The zero-order chi connectivity index (χ0) is 19.4. The zero-order valence-electron chi connectivity index (χ0n) is 19.0. The van der Waals surface area contributed by atoms with Gasteiger partial charge in [-0.25, -0.2) is 0 Å². The SMILES string of the molecule is CCCCCCCCCCCC1=[N+](CCCCCCCCCCC)CCN1. The van der Waals surface area contributed by atoms with Crippen molar-refractivity contribution >= 4 is 5.84 Å². The summed E-state index contributed by atoms with van der Waals surface area (Å²) in [4.78, 5) is 0. The summed E-state index contributed by atoms with van der Waals surface area (Å²) < 4.78 is 2.64. The van der Waals surface area contributed by atoms with Gasteiger partial charge in [-0.1, -0.05) is 110 Å². The standard InChI is InChI=1S/C25H50N2/c1-3-5-7-9-11-13-15-17-19-21-25-26-22-24-27(25)23-20-18-16-14-12-10-8-6-4-2/h3-24H2,1-2H3/p+1. The molecule has 160 valence electrons. The minimum absolute atomic E-state index is 1.17. The number of hydrogen-bond acceptors (Lipinski definition) is 1. The number of unbranched alkanes of at least 4 members (excludes halogenated alkanes) is 16. The van der Waals surface area contributed by atoms with E-state index in [4.69, 9.17) is 0 Å². The summed E-state index contributed by atoms with van der Waals surface area (Å²) in [7, 11) is 0. The third kappa shape index (κ3) is 14.2. The monoisotopic (exact) mass is 379 g/mol. The minimum atomic E-state index is 1.17. The van der Waals surface area contributed by atoms with Gasteiger partial charge in [-0.15, -0.1) is 0 Å². The highest BCUT2D eigenvalue weighted by molar-refractivity contribution is 5.78. The van der Waals surface area contributed by atoms with Crippen LogP contribution in [0.4, 0.5) is 0 Å². The first-order valence-corrected chi connectivity index (χ1v) is 12.7. The molecule has 0 aromatic rings. The third-order valence-corrected chi connectivity index (χ3v) is 6.14. The molecule has 0 aromatic heterocycles. The van der Waals surface area contributed by atoms with Crippen molar-refractivity contribution in [2.24, 2.45) is 0 Å². The van der Waals surface area contributed by atoms with Crippen LogP contribution in [0.15, 0.2) is 0 Å². The lowest BCUT2D eigenvalue weighted by molar-refractivity contribution is -0.519. The Labute approximate surface area is 171 Å². The molecule has 0 radical (unpaired) electrons. The van der Waals surface area contributed by atoms with Gasteiger partial charge in [0.15, 0.2) is 0 Å². The Hall–Kier alpha value is -0.530. The molecule has 0 atom stereocenters. The van der Waals surface area contributed by atoms with Gasteiger partial charge in [0.1, 0.15) is 13.1 Å². The van der Waals surface area contributed by atoms with E-state index < -0.39 is 0 Å². The molecule has 1 heterocycles. The lowest BCUT2D eigenvalue weighted by atomic mass is 10.1. The lowest BCUT2D eigenvalue weighted by Crippen LogP contribution is -2.23. The number of hydrogen-bond donors (Lipinski definition) is 1. The van der Waals surface area contributed by atoms with Crippen LogP contribution in [0.1, 0.15) is 136 Å². The summed E-state index contributed by atoms with van der Waals surface area (Å²) in [6.07, 6.45) is 27.0. The van der Waals surface area contributed by atoms with Crippen molar-refractivity contribution in [1.82, 2.24) is 5.32 Å². The maximum Gasteiger partial charge on any atom is 0.244 e. The van der Waals surface area contributed by atoms with E-state index in [9.17, 15) is 0 Å². The molecule has 2 nitrogen and oxygen atoms in total. The van der Waals surface area contributed by atoms with Gasteiger partial charge >= 0.3 is 0 Å². The van der Waals surface area contributed by atoms with Gasteiger partial charge in [0.25, 0.3) is 0 Å². The molecule has 1 aliphatic heterocycles. The summed E-state index contributed by atoms with van der Waals surface area (Å²) >= 11 is 0. The summed E-state index contributed by atoms with van der Waals surface area (Å²) in [5.74, 6) is 1.55. The molecule has 1 aliphatic rings. The Morgan fingerprint density at radius 3 is 1.56 bits per heavy atom. The Balaban J connectivity index is 1.96. The molecule has 0 saturated carbocycles. The van der Waals surface area contributed by atoms with Gasteiger partial charge in [-0.2, -0.15) is 0 Å². The number of rotatable bonds is 20. The minimum Gasteiger partial charge on any atom is -0.274 e. The third-order valence-electron chi connectivity index (χ3n) is 6.14. The number of nitrogens with zero attached hydrogens (tertiary/aromatic N) is 1. The topological polar surface area (TPSA) is 15.0 Å². The average molecular weight is 380 g/mol. The highest BCUT2D eigenvalue weighted by atomic mass is 15.2. The largest absolute Gasteiger partial charge is 0.274 e. The molecule has 0 unspecified atom stereocenters. The normalized spacial score (nSPS) is 14.1. The maximum atomic E-state index is 3.66. The fourth-order valence-electron chi connectivity index (χ4n) is 4.29. The predicted molar refractivity (Wildman–Crippen MR) is 122 cm³/mol. The van der Waals surface area contributed by atoms with Crippen molar-refractivity contribution in [3.63, 3.8) is 0 Å². The Kier molecular flexibility index (Phi) is 17.1. The van der Waals surface area contributed by atoms with Crippen molar-refractivity contribution in [2.75, 3.05) is 19.6 Å². The van der Waals surface area contributed by atoms with Crippen LogP contribution in [-0.2, 0) is 0 Å². The summed E-state index contributed by atoms with van der Waals surface area (Å²) in [5.41, 5.74) is 0. The van der Waals surface area contributed by atoms with Crippen LogP contribution in [0.2, 0.25) is 0 Å². The molecule has 0 saturated heterocycles. The van der Waals surface area contributed by atoms with E-state index in [0.717, 1.165) is 0 Å². The lowest BCUT2D eigenvalue weighted by Gasteiger charge is -2.05. The molecule has 0 spiro atoms. The van der Waals surface area contributed by atoms with Crippen LogP contribution in [0, 0.1) is 0 Å². The van der Waals surface area contributed by atoms with Crippen LogP contribution >= 0.6 is 0 Å². The molecule has 0 aromatic carbocycles. The van der Waals surface area contributed by atoms with E-state index in [2.05, 4.69) is 23.7 Å². The molecule has 2 heteroatoms. The van der Waals surface area contributed by atoms with Crippen molar-refractivity contribution < 1.29 is 4.58 Å². The van der Waals surface area contributed by atoms with Crippen LogP contribution < -0.4 is 5.32 Å². The molecule has 0 amide bonds. The first kappa shape index (κ1) is 24.5. The molecular formula is C25H51N2+. The fourth-order valence-corrected chi connectivity index (χ4v) is 4.29. The van der Waals surface area contributed by atoms with Crippen LogP contribution in [0.3, 0.4) is 0 Å². The van der Waals surface area contributed by atoms with Crippen molar-refractivity contribution in [2.45, 2.75) is 136 Å². The highest BCUT2D eigenvalue weighted by Gasteiger charge is 2.19. The average Bonchev–Trinajstić information content (AvgIpc) is 3.12. The molecule has 0 fully saturated rings. The quantitative estimate of drug-likeness (QED) is 0.171. The smallest absolute Gasteiger partial charge is 0.244 e. The molecule has 1 N–H and O–H groups in total. The molecule has 0 bridgehead atoms. The van der Waals surface area contributed by atoms with Crippen molar-refractivity contribution in [3.05, 3.63) is 0 Å². The summed E-state index contributed by atoms with van der Waals surface area (Å²) in [6.45, 7) is 8.30. The van der Waals surface area contributed by atoms with Crippen molar-refractivity contribution in [1.29, 1.82) is 0 Å². The van der Waals surface area contributed by atoms with E-state index in [1.54, 1.807) is 5.84 Å². The van der Waals surface area contributed by atoms with E-state index in [1.807, 2.05) is 0 Å². The van der Waals surface area contributed by atoms with Gasteiger partial charge in [0.05, 0.1) is 6.54 Å². The Morgan fingerprint density at radius 1 is 0.593 bits per heavy atom. The number of amidine groups is 1. The second-order valence-electron chi connectivity index (χ2n) is 8.77. The van der Waals surface area contributed by atoms with Gasteiger partial charge < -0.3 is 0 Å². The maximum absolute atomic E-state index is 3.66. The van der Waals surface area contributed by atoms with Crippen LogP contribution in [-0.4, -0.2) is 30.0 Å². The van der Waals surface area contributed by atoms with Gasteiger partial charge in [0.2, 0.25) is 5.84 Å². The first-order valence-electron chi connectivity index (χ1n) is 12.7. The fraction of sp³-hybridized carbons (Fsp3) is 0.960. The van der Waals surface area contributed by atoms with E-state index >= 15 is 0 Å².